The van der Waals surface area contributed by atoms with Gasteiger partial charge in [-0.3, -0.25) is 4.68 Å². The Kier molecular flexibility index (Phi) is 4.36. The van der Waals surface area contributed by atoms with Gasteiger partial charge in [0.05, 0.1) is 6.54 Å². The molecule has 0 aliphatic rings. The van der Waals surface area contributed by atoms with Crippen molar-refractivity contribution in [1.29, 1.82) is 0 Å². The minimum absolute atomic E-state index is 0.137. The van der Waals surface area contributed by atoms with Crippen LogP contribution in [0.25, 0.3) is 0 Å². The topological polar surface area (TPSA) is 78.0 Å². The molecule has 0 spiro atoms. The van der Waals surface area contributed by atoms with Crippen LogP contribution in [0.1, 0.15) is 11.8 Å². The maximum atomic E-state index is 14.4. The van der Waals surface area contributed by atoms with Gasteiger partial charge in [0.25, 0.3) is 0 Å². The summed E-state index contributed by atoms with van der Waals surface area (Å²) in [7, 11) is 1.35. The van der Waals surface area contributed by atoms with E-state index in [-0.39, 0.29) is 12.1 Å². The van der Waals surface area contributed by atoms with Crippen molar-refractivity contribution in [2.45, 2.75) is 18.4 Å². The number of ether oxygens (including phenoxy) is 1. The molecule has 0 unspecified atom stereocenters. The Morgan fingerprint density at radius 3 is 2.75 bits per heavy atom. The lowest BCUT2D eigenvalue weighted by Crippen LogP contribution is -2.43. The summed E-state index contributed by atoms with van der Waals surface area (Å²) < 4.78 is 35.7. The fourth-order valence-electron chi connectivity index (χ4n) is 2.64. The van der Waals surface area contributed by atoms with E-state index in [4.69, 9.17) is 4.74 Å². The summed E-state index contributed by atoms with van der Waals surface area (Å²) in [6, 6.07) is 4.62. The van der Waals surface area contributed by atoms with E-state index in [0.29, 0.717) is 6.07 Å². The number of halogens is 2. The van der Waals surface area contributed by atoms with E-state index in [1.807, 2.05) is 0 Å². The summed E-state index contributed by atoms with van der Waals surface area (Å²) in [5.41, 5.74) is -2.05. The summed E-state index contributed by atoms with van der Waals surface area (Å²) in [6.07, 6.45) is 4.63. The highest BCUT2D eigenvalue weighted by molar-refractivity contribution is 5.26. The number of methoxy groups -OCH3 is 1. The van der Waals surface area contributed by atoms with Crippen LogP contribution in [0.5, 0.6) is 0 Å². The lowest BCUT2D eigenvalue weighted by Gasteiger charge is -2.35. The third-order valence-corrected chi connectivity index (χ3v) is 3.67. The number of benzene rings is 1. The Bertz CT molecular complexity index is 794. The third-order valence-electron chi connectivity index (χ3n) is 3.67. The van der Waals surface area contributed by atoms with E-state index in [2.05, 4.69) is 15.2 Å². The van der Waals surface area contributed by atoms with Crippen LogP contribution in [0.3, 0.4) is 0 Å². The number of aliphatic hydroxyl groups is 1. The van der Waals surface area contributed by atoms with E-state index < -0.39 is 23.5 Å². The Balaban J connectivity index is 2.12. The van der Waals surface area contributed by atoms with Crippen LogP contribution in [0.4, 0.5) is 8.78 Å². The van der Waals surface area contributed by atoms with Gasteiger partial charge in [-0.25, -0.2) is 18.4 Å². The van der Waals surface area contributed by atoms with E-state index in [1.165, 1.54) is 41.4 Å². The Morgan fingerprint density at radius 1 is 1.33 bits per heavy atom. The second-order valence-electron chi connectivity index (χ2n) is 5.22. The maximum Gasteiger partial charge on any atom is 0.186 e. The average molecular weight is 335 g/mol. The van der Waals surface area contributed by atoms with Gasteiger partial charge in [0.2, 0.25) is 0 Å². The second kappa shape index (κ2) is 6.46. The summed E-state index contributed by atoms with van der Waals surface area (Å²) in [5, 5.41) is 19.3. The highest BCUT2D eigenvalue weighted by Crippen LogP contribution is 2.36. The second-order valence-corrected chi connectivity index (χ2v) is 5.22. The van der Waals surface area contributed by atoms with Crippen molar-refractivity contribution in [2.75, 3.05) is 7.11 Å². The summed E-state index contributed by atoms with van der Waals surface area (Å²) >= 11 is 0. The van der Waals surface area contributed by atoms with Crippen molar-refractivity contribution in [1.82, 2.24) is 24.5 Å². The number of nitrogens with zero attached hydrogens (tertiary/aromatic N) is 5. The smallest absolute Gasteiger partial charge is 0.186 e. The van der Waals surface area contributed by atoms with Gasteiger partial charge in [-0.2, -0.15) is 10.2 Å². The van der Waals surface area contributed by atoms with Crippen LogP contribution in [0.2, 0.25) is 0 Å². The lowest BCUT2D eigenvalue weighted by atomic mass is 9.91. The molecular formula is C15H15F2N5O2. The molecule has 0 fully saturated rings. The van der Waals surface area contributed by atoms with Gasteiger partial charge in [0, 0.05) is 31.1 Å². The Labute approximate surface area is 136 Å². The molecule has 0 aliphatic heterocycles. The van der Waals surface area contributed by atoms with Crippen molar-refractivity contribution in [3.63, 3.8) is 0 Å². The lowest BCUT2D eigenvalue weighted by molar-refractivity contribution is -0.155. The van der Waals surface area contributed by atoms with Crippen molar-refractivity contribution >= 4 is 0 Å². The molecule has 2 heterocycles. The largest absolute Gasteiger partial charge is 0.378 e. The van der Waals surface area contributed by atoms with Crippen LogP contribution in [0, 0.1) is 11.6 Å². The monoisotopic (exact) mass is 335 g/mol. The number of aromatic nitrogens is 5. The molecule has 2 atom stereocenters. The standard InChI is InChI=1S/C15H15F2N5O2/c1-24-14(22-10-18-9-20-22)15(23,8-21-6-2-5-19-21)12-4-3-11(16)7-13(12)17/h2-7,9-10,14,23H,8H2,1H3/t14-,15+/m1/s1. The maximum absolute atomic E-state index is 14.4. The predicted molar refractivity (Wildman–Crippen MR) is 78.5 cm³/mol. The Morgan fingerprint density at radius 2 is 2.17 bits per heavy atom. The van der Waals surface area contributed by atoms with E-state index in [9.17, 15) is 13.9 Å². The van der Waals surface area contributed by atoms with Gasteiger partial charge in [-0.05, 0) is 12.1 Å². The molecule has 0 aliphatic carbocycles. The fourth-order valence-corrected chi connectivity index (χ4v) is 2.64. The SMILES string of the molecule is CO[C@@H](n1cncn1)[C@](O)(Cn1cccn1)c1ccc(F)cc1F. The molecule has 0 saturated carbocycles. The first-order valence-electron chi connectivity index (χ1n) is 7.07. The van der Waals surface area contributed by atoms with Crippen LogP contribution >= 0.6 is 0 Å². The van der Waals surface area contributed by atoms with Crippen LogP contribution < -0.4 is 0 Å². The van der Waals surface area contributed by atoms with Gasteiger partial charge in [-0.1, -0.05) is 6.07 Å². The van der Waals surface area contributed by atoms with Crippen LogP contribution in [-0.4, -0.2) is 36.8 Å². The van der Waals surface area contributed by atoms with Gasteiger partial charge in [0.15, 0.2) is 11.8 Å². The average Bonchev–Trinajstić information content (AvgIpc) is 3.21. The summed E-state index contributed by atoms with van der Waals surface area (Å²) in [4.78, 5) is 3.82. The number of hydrogen-bond donors (Lipinski definition) is 1. The first-order chi connectivity index (χ1) is 11.5. The number of hydrogen-bond acceptors (Lipinski definition) is 5. The molecular weight excluding hydrogens is 320 g/mol. The molecule has 3 rings (SSSR count). The summed E-state index contributed by atoms with van der Waals surface area (Å²) in [5.74, 6) is -1.64. The molecule has 0 bridgehead atoms. The molecule has 24 heavy (non-hydrogen) atoms. The molecule has 0 radical (unpaired) electrons. The first-order valence-corrected chi connectivity index (χ1v) is 7.07. The van der Waals surface area contributed by atoms with E-state index in [1.54, 1.807) is 12.3 Å². The minimum Gasteiger partial charge on any atom is -0.378 e. The predicted octanol–water partition coefficient (Wildman–Crippen LogP) is 1.49. The molecule has 9 heteroatoms. The molecule has 0 amide bonds. The highest BCUT2D eigenvalue weighted by Gasteiger charge is 2.43. The molecule has 7 nitrogen and oxygen atoms in total. The molecule has 3 aromatic rings. The fraction of sp³-hybridized carbons (Fsp3) is 0.267. The van der Waals surface area contributed by atoms with Gasteiger partial charge >= 0.3 is 0 Å². The van der Waals surface area contributed by atoms with E-state index in [0.717, 1.165) is 6.07 Å². The van der Waals surface area contributed by atoms with E-state index >= 15 is 0 Å². The molecule has 1 N–H and O–H groups in total. The van der Waals surface area contributed by atoms with Gasteiger partial charge in [0.1, 0.15) is 24.3 Å². The third kappa shape index (κ3) is 2.91. The molecule has 126 valence electrons. The van der Waals surface area contributed by atoms with Gasteiger partial charge in [-0.15, -0.1) is 0 Å². The quantitative estimate of drug-likeness (QED) is 0.738. The zero-order valence-corrected chi connectivity index (χ0v) is 12.8. The normalized spacial score (nSPS) is 15.2. The van der Waals surface area contributed by atoms with Crippen LogP contribution in [-0.2, 0) is 16.9 Å². The highest BCUT2D eigenvalue weighted by atomic mass is 19.1. The zero-order chi connectivity index (χ0) is 17.2. The van der Waals surface area contributed by atoms with Gasteiger partial charge < -0.3 is 9.84 Å². The van der Waals surface area contributed by atoms with Crippen molar-refractivity contribution in [2.24, 2.45) is 0 Å². The number of rotatable bonds is 6. The van der Waals surface area contributed by atoms with Crippen molar-refractivity contribution in [3.8, 4) is 0 Å². The van der Waals surface area contributed by atoms with Crippen molar-refractivity contribution < 1.29 is 18.6 Å². The first kappa shape index (κ1) is 16.2. The van der Waals surface area contributed by atoms with Crippen molar-refractivity contribution in [3.05, 3.63) is 66.5 Å². The minimum atomic E-state index is -1.91. The summed E-state index contributed by atoms with van der Waals surface area (Å²) in [6.45, 7) is -0.138. The molecule has 0 saturated heterocycles. The molecule has 1 aromatic carbocycles. The van der Waals surface area contributed by atoms with Crippen LogP contribution in [0.15, 0.2) is 49.3 Å². The Hall–Kier alpha value is -2.65. The zero-order valence-electron chi connectivity index (χ0n) is 12.8. The molecule has 2 aromatic heterocycles.